The van der Waals surface area contributed by atoms with Crippen LogP contribution in [0.2, 0.25) is 0 Å². The van der Waals surface area contributed by atoms with Crippen molar-refractivity contribution in [2.75, 3.05) is 0 Å². The molecule has 6 heteroatoms. The molecule has 1 atom stereocenters. The molecule has 2 heterocycles. The smallest absolute Gasteiger partial charge is 0.345 e. The zero-order valence-electron chi connectivity index (χ0n) is 9.81. The van der Waals surface area contributed by atoms with Crippen LogP contribution >= 0.6 is 0 Å². The molecular weight excluding hydrogens is 248 g/mol. The molecule has 3 rings (SSSR count). The molecule has 0 bridgehead atoms. The van der Waals surface area contributed by atoms with E-state index >= 15 is 0 Å². The lowest BCUT2D eigenvalue weighted by Gasteiger charge is -2.06. The first-order valence-electron chi connectivity index (χ1n) is 5.69. The van der Waals surface area contributed by atoms with E-state index < -0.39 is 12.1 Å². The summed E-state index contributed by atoms with van der Waals surface area (Å²) in [6, 6.07) is 7.10. The predicted octanol–water partition coefficient (Wildman–Crippen LogP) is 1.66. The Bertz CT molecular complexity index is 615. The zero-order chi connectivity index (χ0) is 13.2. The van der Waals surface area contributed by atoms with Crippen molar-refractivity contribution >= 4 is 5.97 Å². The first-order valence-corrected chi connectivity index (χ1v) is 5.69. The molecule has 0 radical (unpaired) electrons. The Balaban J connectivity index is 1.80. The fraction of sp³-hybridized carbons (Fsp3) is 0.154. The van der Waals surface area contributed by atoms with Gasteiger partial charge in [0.25, 0.3) is 0 Å². The standard InChI is InChI=1S/C13H10N2O4/c16-12(17)11-6-8-2-3-9(7-10(8)19-11)18-13-14-4-1-5-15-13/h1-5,7,11H,6H2,(H,16,17). The van der Waals surface area contributed by atoms with Crippen LogP contribution in [0.3, 0.4) is 0 Å². The maximum Gasteiger partial charge on any atom is 0.345 e. The summed E-state index contributed by atoms with van der Waals surface area (Å²) in [5.41, 5.74) is 0.855. The van der Waals surface area contributed by atoms with Crippen molar-refractivity contribution < 1.29 is 19.4 Å². The number of rotatable bonds is 3. The van der Waals surface area contributed by atoms with E-state index in [1.165, 1.54) is 0 Å². The molecular formula is C13H10N2O4. The minimum Gasteiger partial charge on any atom is -0.478 e. The second-order valence-corrected chi connectivity index (χ2v) is 4.05. The molecule has 0 fully saturated rings. The highest BCUT2D eigenvalue weighted by Crippen LogP contribution is 2.33. The van der Waals surface area contributed by atoms with E-state index in [-0.39, 0.29) is 6.01 Å². The molecule has 6 nitrogen and oxygen atoms in total. The number of aromatic nitrogens is 2. The molecule has 0 saturated carbocycles. The Morgan fingerprint density at radius 3 is 2.89 bits per heavy atom. The molecule has 1 aliphatic heterocycles. The minimum absolute atomic E-state index is 0.232. The van der Waals surface area contributed by atoms with Gasteiger partial charge in [-0.1, -0.05) is 6.07 Å². The third-order valence-electron chi connectivity index (χ3n) is 2.74. The van der Waals surface area contributed by atoms with E-state index in [0.717, 1.165) is 5.56 Å². The molecule has 0 aliphatic carbocycles. The number of carboxylic acid groups (broad SMARTS) is 1. The van der Waals surface area contributed by atoms with Gasteiger partial charge in [0.05, 0.1) is 0 Å². The molecule has 0 spiro atoms. The van der Waals surface area contributed by atoms with Crippen LogP contribution in [-0.4, -0.2) is 27.1 Å². The summed E-state index contributed by atoms with van der Waals surface area (Å²) in [6.07, 6.45) is 2.70. The SMILES string of the molecule is O=C(O)C1Cc2ccc(Oc3ncccn3)cc2O1. The summed E-state index contributed by atoms with van der Waals surface area (Å²) in [7, 11) is 0. The number of ether oxygens (including phenoxy) is 2. The average Bonchev–Trinajstić information content (AvgIpc) is 2.83. The van der Waals surface area contributed by atoms with Gasteiger partial charge in [-0.05, 0) is 17.7 Å². The van der Waals surface area contributed by atoms with Crippen LogP contribution in [0.4, 0.5) is 0 Å². The summed E-state index contributed by atoms with van der Waals surface area (Å²) in [6.45, 7) is 0. The highest BCUT2D eigenvalue weighted by molar-refractivity contribution is 5.74. The molecule has 2 aromatic rings. The van der Waals surface area contributed by atoms with Gasteiger partial charge in [0, 0.05) is 24.9 Å². The Kier molecular flexibility index (Phi) is 2.75. The summed E-state index contributed by atoms with van der Waals surface area (Å²) in [5, 5.41) is 8.91. The van der Waals surface area contributed by atoms with E-state index in [9.17, 15) is 4.79 Å². The highest BCUT2D eigenvalue weighted by atomic mass is 16.5. The van der Waals surface area contributed by atoms with E-state index in [1.807, 2.05) is 0 Å². The van der Waals surface area contributed by atoms with Gasteiger partial charge < -0.3 is 14.6 Å². The average molecular weight is 258 g/mol. The van der Waals surface area contributed by atoms with Gasteiger partial charge >= 0.3 is 12.0 Å². The lowest BCUT2D eigenvalue weighted by Crippen LogP contribution is -2.24. The number of aliphatic carboxylic acids is 1. The van der Waals surface area contributed by atoms with Crippen LogP contribution < -0.4 is 9.47 Å². The van der Waals surface area contributed by atoms with E-state index in [2.05, 4.69) is 9.97 Å². The van der Waals surface area contributed by atoms with Crippen molar-refractivity contribution in [2.24, 2.45) is 0 Å². The molecule has 96 valence electrons. The Morgan fingerprint density at radius 1 is 1.37 bits per heavy atom. The van der Waals surface area contributed by atoms with Crippen LogP contribution in [0.1, 0.15) is 5.56 Å². The molecule has 0 amide bonds. The molecule has 1 aliphatic rings. The largest absolute Gasteiger partial charge is 0.478 e. The van der Waals surface area contributed by atoms with Crippen molar-refractivity contribution in [2.45, 2.75) is 12.5 Å². The van der Waals surface area contributed by atoms with Gasteiger partial charge in [0.15, 0.2) is 6.10 Å². The van der Waals surface area contributed by atoms with E-state index in [4.69, 9.17) is 14.6 Å². The summed E-state index contributed by atoms with van der Waals surface area (Å²) >= 11 is 0. The Hall–Kier alpha value is -2.63. The normalized spacial score (nSPS) is 16.5. The number of carbonyl (C=O) groups is 1. The number of fused-ring (bicyclic) bond motifs is 1. The van der Waals surface area contributed by atoms with Gasteiger partial charge in [-0.2, -0.15) is 0 Å². The third kappa shape index (κ3) is 2.33. The van der Waals surface area contributed by atoms with E-state index in [0.29, 0.717) is 17.9 Å². The van der Waals surface area contributed by atoms with Crippen LogP contribution in [0.25, 0.3) is 0 Å². The van der Waals surface area contributed by atoms with Crippen molar-refractivity contribution in [1.82, 2.24) is 9.97 Å². The van der Waals surface area contributed by atoms with Gasteiger partial charge in [-0.3, -0.25) is 0 Å². The fourth-order valence-electron chi connectivity index (χ4n) is 1.85. The Morgan fingerprint density at radius 2 is 2.16 bits per heavy atom. The monoisotopic (exact) mass is 258 g/mol. The van der Waals surface area contributed by atoms with Crippen LogP contribution in [-0.2, 0) is 11.2 Å². The van der Waals surface area contributed by atoms with Crippen LogP contribution in [0, 0.1) is 0 Å². The summed E-state index contributed by atoms with van der Waals surface area (Å²) in [4.78, 5) is 18.8. The predicted molar refractivity (Wildman–Crippen MR) is 64.3 cm³/mol. The lowest BCUT2D eigenvalue weighted by molar-refractivity contribution is -0.144. The van der Waals surface area contributed by atoms with Gasteiger partial charge in [-0.25, -0.2) is 14.8 Å². The number of nitrogens with zero attached hydrogens (tertiary/aromatic N) is 2. The lowest BCUT2D eigenvalue weighted by atomic mass is 10.1. The van der Waals surface area contributed by atoms with Crippen molar-refractivity contribution in [1.29, 1.82) is 0 Å². The fourth-order valence-corrected chi connectivity index (χ4v) is 1.85. The second-order valence-electron chi connectivity index (χ2n) is 4.05. The minimum atomic E-state index is -0.968. The quantitative estimate of drug-likeness (QED) is 0.901. The highest BCUT2D eigenvalue weighted by Gasteiger charge is 2.29. The number of hydrogen-bond donors (Lipinski definition) is 1. The third-order valence-corrected chi connectivity index (χ3v) is 2.74. The van der Waals surface area contributed by atoms with Crippen molar-refractivity contribution in [3.8, 4) is 17.5 Å². The van der Waals surface area contributed by atoms with Crippen molar-refractivity contribution in [3.05, 3.63) is 42.2 Å². The maximum absolute atomic E-state index is 10.9. The molecule has 1 N–H and O–H groups in total. The Labute approximate surface area is 108 Å². The van der Waals surface area contributed by atoms with Crippen molar-refractivity contribution in [3.63, 3.8) is 0 Å². The zero-order valence-corrected chi connectivity index (χ0v) is 9.81. The molecule has 1 aromatic carbocycles. The van der Waals surface area contributed by atoms with Gasteiger partial charge in [0.2, 0.25) is 0 Å². The van der Waals surface area contributed by atoms with E-state index in [1.54, 1.807) is 36.7 Å². The first-order chi connectivity index (χ1) is 9.22. The molecule has 1 unspecified atom stereocenters. The van der Waals surface area contributed by atoms with Gasteiger partial charge in [0.1, 0.15) is 11.5 Å². The maximum atomic E-state index is 10.9. The van der Waals surface area contributed by atoms with Gasteiger partial charge in [-0.15, -0.1) is 0 Å². The number of benzene rings is 1. The second kappa shape index (κ2) is 4.56. The number of hydrogen-bond acceptors (Lipinski definition) is 5. The summed E-state index contributed by atoms with van der Waals surface area (Å²) < 4.78 is 10.8. The summed E-state index contributed by atoms with van der Waals surface area (Å²) in [5.74, 6) is 0.0712. The topological polar surface area (TPSA) is 81.5 Å². The van der Waals surface area contributed by atoms with Crippen LogP contribution in [0.15, 0.2) is 36.7 Å². The molecule has 0 saturated heterocycles. The van der Waals surface area contributed by atoms with Crippen LogP contribution in [0.5, 0.6) is 17.5 Å². The molecule has 1 aromatic heterocycles. The first kappa shape index (κ1) is 11.5. The molecule has 19 heavy (non-hydrogen) atoms. The number of carboxylic acids is 1.